The molecule has 6 amide bonds. The molecule has 0 spiro atoms. The smallest absolute Gasteiger partial charge is 0.269 e. The molecule has 1 saturated heterocycles. The zero-order valence-electron chi connectivity index (χ0n) is 29.8. The van der Waals surface area contributed by atoms with E-state index in [9.17, 15) is 38.9 Å². The minimum absolute atomic E-state index is 0.0107. The van der Waals surface area contributed by atoms with E-state index in [1.807, 2.05) is 12.1 Å². The average molecular weight is 755 g/mol. The maximum atomic E-state index is 13.1. The minimum atomic E-state index is -1.07. The van der Waals surface area contributed by atoms with Crippen molar-refractivity contribution in [1.29, 1.82) is 0 Å². The number of carbonyl (C=O) groups is 6. The molecule has 15 heteroatoms. The first-order valence-corrected chi connectivity index (χ1v) is 17.9. The molecule has 5 aromatic rings. The minimum Gasteiger partial charge on any atom is -0.463 e. The van der Waals surface area contributed by atoms with Crippen LogP contribution in [0.1, 0.15) is 69.6 Å². The monoisotopic (exact) mass is 754 g/mol. The average Bonchev–Trinajstić information content (AvgIpc) is 3.83. The van der Waals surface area contributed by atoms with Crippen molar-refractivity contribution in [3.63, 3.8) is 0 Å². The number of piperidine rings is 1. The highest BCUT2D eigenvalue weighted by atomic mass is 16.6. The van der Waals surface area contributed by atoms with Crippen molar-refractivity contribution < 1.29 is 38.1 Å². The van der Waals surface area contributed by atoms with Crippen molar-refractivity contribution in [2.24, 2.45) is 0 Å². The molecular weight excluding hydrogens is 720 g/mol. The van der Waals surface area contributed by atoms with E-state index in [0.29, 0.717) is 54.2 Å². The lowest BCUT2D eigenvalue weighted by atomic mass is 10.0. The summed E-state index contributed by atoms with van der Waals surface area (Å²) in [6.07, 6.45) is 3.67. The fourth-order valence-corrected chi connectivity index (χ4v) is 6.63. The zero-order valence-corrected chi connectivity index (χ0v) is 29.8. The van der Waals surface area contributed by atoms with Crippen LogP contribution < -0.4 is 16.0 Å². The summed E-state index contributed by atoms with van der Waals surface area (Å²) in [6.45, 7) is 0.401. The maximum absolute atomic E-state index is 13.1. The van der Waals surface area contributed by atoms with Crippen LogP contribution in [0, 0.1) is 10.1 Å². The van der Waals surface area contributed by atoms with E-state index in [4.69, 9.17) is 9.40 Å². The lowest BCUT2D eigenvalue weighted by Gasteiger charge is -2.27. The fraction of sp³-hybridized carbons (Fsp3) is 0.195. The molecule has 2 aliphatic heterocycles. The summed E-state index contributed by atoms with van der Waals surface area (Å²) in [5.41, 5.74) is 4.50. The van der Waals surface area contributed by atoms with Crippen LogP contribution in [0.25, 0.3) is 33.8 Å². The highest BCUT2D eigenvalue weighted by molar-refractivity contribution is 6.24. The molecule has 56 heavy (non-hydrogen) atoms. The van der Waals surface area contributed by atoms with Gasteiger partial charge < -0.3 is 15.1 Å². The molecule has 2 aliphatic rings. The molecule has 15 nitrogen and oxygen atoms in total. The van der Waals surface area contributed by atoms with Crippen molar-refractivity contribution in [3.8, 4) is 33.8 Å². The van der Waals surface area contributed by atoms with Gasteiger partial charge in [-0.15, -0.1) is 0 Å². The second-order valence-corrected chi connectivity index (χ2v) is 13.3. The van der Waals surface area contributed by atoms with Gasteiger partial charge in [0.25, 0.3) is 23.4 Å². The van der Waals surface area contributed by atoms with Gasteiger partial charge in [0.2, 0.25) is 17.7 Å². The summed E-state index contributed by atoms with van der Waals surface area (Å²) in [7, 11) is 0. The molecule has 0 saturated carbocycles. The van der Waals surface area contributed by atoms with E-state index in [2.05, 4.69) is 16.0 Å². The van der Waals surface area contributed by atoms with Gasteiger partial charge in [-0.05, 0) is 97.1 Å². The third-order valence-electron chi connectivity index (χ3n) is 9.54. The van der Waals surface area contributed by atoms with Gasteiger partial charge in [-0.2, -0.15) is 0 Å². The van der Waals surface area contributed by atoms with Gasteiger partial charge in [0.05, 0.1) is 28.0 Å². The molecule has 0 bridgehead atoms. The number of aromatic nitrogens is 1. The number of unbranched alkanes of at least 4 members (excludes halogenated alkanes) is 2. The predicted octanol–water partition coefficient (Wildman–Crippen LogP) is 5.91. The first kappa shape index (κ1) is 37.0. The normalized spacial score (nSPS) is 15.0. The molecule has 282 valence electrons. The molecule has 3 N–H and O–H groups in total. The number of pyridine rings is 1. The van der Waals surface area contributed by atoms with Crippen molar-refractivity contribution in [1.82, 2.24) is 20.5 Å². The number of nitro groups is 1. The quantitative estimate of drug-likeness (QED) is 0.0559. The van der Waals surface area contributed by atoms with Gasteiger partial charge >= 0.3 is 0 Å². The molecule has 7 rings (SSSR count). The van der Waals surface area contributed by atoms with Gasteiger partial charge in [-0.25, -0.2) is 4.98 Å². The Morgan fingerprint density at radius 2 is 1.57 bits per heavy atom. The van der Waals surface area contributed by atoms with E-state index < -0.39 is 34.6 Å². The van der Waals surface area contributed by atoms with Crippen LogP contribution in [0.15, 0.2) is 102 Å². The van der Waals surface area contributed by atoms with Crippen molar-refractivity contribution in [3.05, 3.63) is 124 Å². The van der Waals surface area contributed by atoms with Crippen LogP contribution in [-0.4, -0.2) is 62.8 Å². The molecule has 0 radical (unpaired) electrons. The number of nitro benzene ring substituents is 1. The van der Waals surface area contributed by atoms with E-state index >= 15 is 0 Å². The van der Waals surface area contributed by atoms with Crippen LogP contribution in [-0.2, 0) is 14.4 Å². The van der Waals surface area contributed by atoms with Gasteiger partial charge in [0.1, 0.15) is 11.7 Å². The van der Waals surface area contributed by atoms with E-state index in [0.717, 1.165) is 21.6 Å². The molecule has 1 unspecified atom stereocenters. The fourth-order valence-electron chi connectivity index (χ4n) is 6.63. The highest BCUT2D eigenvalue weighted by Crippen LogP contribution is 2.32. The number of nitrogens with zero attached hydrogens (tertiary/aromatic N) is 3. The van der Waals surface area contributed by atoms with E-state index in [1.54, 1.807) is 54.8 Å². The molecule has 1 fully saturated rings. The molecule has 0 aliphatic carbocycles. The lowest BCUT2D eigenvalue weighted by Crippen LogP contribution is -2.54. The molecule has 1 atom stereocenters. The van der Waals surface area contributed by atoms with Gasteiger partial charge in [-0.1, -0.05) is 18.6 Å². The topological polar surface area (TPSA) is 211 Å². The van der Waals surface area contributed by atoms with Gasteiger partial charge in [0, 0.05) is 48.3 Å². The van der Waals surface area contributed by atoms with Crippen LogP contribution in [0.4, 0.5) is 11.4 Å². The Hall–Kier alpha value is -7.29. The van der Waals surface area contributed by atoms with Crippen LogP contribution >= 0.6 is 0 Å². The zero-order chi connectivity index (χ0) is 39.3. The Labute approximate surface area is 319 Å². The van der Waals surface area contributed by atoms with E-state index in [-0.39, 0.29) is 47.9 Å². The number of hydrogen-bond donors (Lipinski definition) is 3. The first-order chi connectivity index (χ1) is 27.0. The second kappa shape index (κ2) is 16.0. The van der Waals surface area contributed by atoms with Crippen LogP contribution in [0.3, 0.4) is 0 Å². The van der Waals surface area contributed by atoms with Crippen molar-refractivity contribution >= 4 is 46.8 Å². The Bertz CT molecular complexity index is 2370. The highest BCUT2D eigenvalue weighted by Gasteiger charge is 2.44. The van der Waals surface area contributed by atoms with Crippen LogP contribution in [0.5, 0.6) is 0 Å². The van der Waals surface area contributed by atoms with Crippen LogP contribution in [0.2, 0.25) is 0 Å². The number of fused-ring (bicyclic) bond motifs is 1. The number of imide groups is 2. The number of rotatable bonds is 13. The standard InChI is InChI=1S/C41H34N6O9/c48-36(43-28-13-16-30-31(23-28)41(53)46(40(30)52)34-17-18-37(49)45-39(34)51)6-2-1-3-19-42-38(50)26-9-7-25(8-10-26)32-21-27(22-33(44-32)35-5-4-20-56-35)24-11-14-29(15-12-24)47(54)55/h4-5,7-16,20-23,34H,1-3,6,17-19H2,(H,42,50)(H,43,48)(H,45,49,51). The molecule has 2 aromatic heterocycles. The number of benzene rings is 3. The van der Waals surface area contributed by atoms with Crippen molar-refractivity contribution in [2.45, 2.75) is 44.6 Å². The second-order valence-electron chi connectivity index (χ2n) is 13.3. The van der Waals surface area contributed by atoms with Gasteiger partial charge in [0.15, 0.2) is 5.76 Å². The number of furan rings is 1. The summed E-state index contributed by atoms with van der Waals surface area (Å²) in [5, 5.41) is 19.0. The van der Waals surface area contributed by atoms with Gasteiger partial charge in [-0.3, -0.25) is 49.1 Å². The third kappa shape index (κ3) is 7.96. The molecule has 4 heterocycles. The SMILES string of the molecule is O=C1CCC(N2C(=O)c3ccc(NC(=O)CCCCCNC(=O)c4ccc(-c5cc(-c6ccc([N+](=O)[O-])cc6)cc(-c6ccco6)n5)cc4)cc3C2=O)C(=O)N1. The number of anilines is 1. The Balaban J connectivity index is 0.883. The Morgan fingerprint density at radius 1 is 0.839 bits per heavy atom. The number of amides is 6. The molecule has 3 aromatic carbocycles. The van der Waals surface area contributed by atoms with E-state index in [1.165, 1.54) is 30.3 Å². The maximum Gasteiger partial charge on any atom is 0.269 e. The summed E-state index contributed by atoms with van der Waals surface area (Å²) in [4.78, 5) is 91.7. The largest absolute Gasteiger partial charge is 0.463 e. The predicted molar refractivity (Wildman–Crippen MR) is 202 cm³/mol. The summed E-state index contributed by atoms with van der Waals surface area (Å²) >= 11 is 0. The summed E-state index contributed by atoms with van der Waals surface area (Å²) in [5.74, 6) is -2.40. The lowest BCUT2D eigenvalue weighted by molar-refractivity contribution is -0.384. The Morgan fingerprint density at radius 3 is 2.29 bits per heavy atom. The Kier molecular flexibility index (Phi) is 10.6. The number of hydrogen-bond acceptors (Lipinski definition) is 10. The number of non-ortho nitro benzene ring substituents is 1. The number of carbonyl (C=O) groups excluding carboxylic acids is 6. The van der Waals surface area contributed by atoms with Crippen molar-refractivity contribution in [2.75, 3.05) is 11.9 Å². The third-order valence-corrected chi connectivity index (χ3v) is 9.54. The summed E-state index contributed by atoms with van der Waals surface area (Å²) in [6, 6.07) is 23.8. The molecular formula is C41H34N6O9. The first-order valence-electron chi connectivity index (χ1n) is 17.9. The number of nitrogens with one attached hydrogen (secondary N) is 3. The summed E-state index contributed by atoms with van der Waals surface area (Å²) < 4.78 is 5.58.